The van der Waals surface area contributed by atoms with Gasteiger partial charge in [0.2, 0.25) is 0 Å². The summed E-state index contributed by atoms with van der Waals surface area (Å²) in [5.74, 6) is 0. The van der Waals surface area contributed by atoms with Gasteiger partial charge >= 0.3 is 0 Å². The van der Waals surface area contributed by atoms with Gasteiger partial charge in [-0.25, -0.2) is 8.42 Å². The fourth-order valence-electron chi connectivity index (χ4n) is 1.97. The molecule has 0 aliphatic heterocycles. The van der Waals surface area contributed by atoms with E-state index < -0.39 is 10.0 Å². The SMILES string of the molecule is Cc1cc(S(=O)(=O)Nc2ccccc2CN(C)C)sc1C. The highest BCUT2D eigenvalue weighted by molar-refractivity contribution is 7.94. The number of anilines is 1. The van der Waals surface area contributed by atoms with Crippen molar-refractivity contribution < 1.29 is 8.42 Å². The number of nitrogens with zero attached hydrogens (tertiary/aromatic N) is 1. The largest absolute Gasteiger partial charge is 0.305 e. The second kappa shape index (κ2) is 6.17. The summed E-state index contributed by atoms with van der Waals surface area (Å²) in [5.41, 5.74) is 2.59. The molecule has 1 aromatic carbocycles. The van der Waals surface area contributed by atoms with Gasteiger partial charge in [-0.05, 0) is 51.2 Å². The van der Waals surface area contributed by atoms with Gasteiger partial charge in [0.15, 0.2) is 0 Å². The van der Waals surface area contributed by atoms with Crippen LogP contribution in [-0.4, -0.2) is 27.4 Å². The molecule has 0 unspecified atom stereocenters. The number of hydrogen-bond donors (Lipinski definition) is 1. The van der Waals surface area contributed by atoms with Crippen molar-refractivity contribution in [3.8, 4) is 0 Å². The Morgan fingerprint density at radius 1 is 1.19 bits per heavy atom. The molecule has 2 rings (SSSR count). The summed E-state index contributed by atoms with van der Waals surface area (Å²) in [5, 5.41) is 0. The van der Waals surface area contributed by atoms with Gasteiger partial charge in [-0.15, -0.1) is 11.3 Å². The number of rotatable bonds is 5. The van der Waals surface area contributed by atoms with E-state index in [9.17, 15) is 8.42 Å². The molecule has 2 aromatic rings. The first-order valence-corrected chi connectivity index (χ1v) is 8.92. The normalized spacial score (nSPS) is 11.9. The van der Waals surface area contributed by atoms with Crippen LogP contribution in [0.25, 0.3) is 0 Å². The molecule has 0 amide bonds. The van der Waals surface area contributed by atoms with Crippen LogP contribution in [0.3, 0.4) is 0 Å². The first-order valence-electron chi connectivity index (χ1n) is 6.62. The van der Waals surface area contributed by atoms with Crippen LogP contribution < -0.4 is 4.72 Å². The van der Waals surface area contributed by atoms with Crippen molar-refractivity contribution in [3.05, 3.63) is 46.3 Å². The van der Waals surface area contributed by atoms with Crippen LogP contribution >= 0.6 is 11.3 Å². The van der Waals surface area contributed by atoms with E-state index >= 15 is 0 Å². The number of para-hydroxylation sites is 1. The molecule has 1 heterocycles. The van der Waals surface area contributed by atoms with Crippen LogP contribution in [0.1, 0.15) is 16.0 Å². The van der Waals surface area contributed by atoms with Crippen molar-refractivity contribution >= 4 is 27.0 Å². The Bertz CT molecular complexity index is 714. The molecule has 0 radical (unpaired) electrons. The second-order valence-electron chi connectivity index (χ2n) is 5.31. The van der Waals surface area contributed by atoms with Gasteiger partial charge in [0.05, 0.1) is 5.69 Å². The Balaban J connectivity index is 2.33. The minimum Gasteiger partial charge on any atom is -0.305 e. The van der Waals surface area contributed by atoms with Crippen molar-refractivity contribution in [1.29, 1.82) is 0 Å². The lowest BCUT2D eigenvalue weighted by Crippen LogP contribution is -2.16. The molecule has 0 bridgehead atoms. The van der Waals surface area contributed by atoms with Crippen LogP contribution in [0.2, 0.25) is 0 Å². The molecule has 6 heteroatoms. The molecule has 0 aliphatic carbocycles. The zero-order valence-corrected chi connectivity index (χ0v) is 14.3. The first-order chi connectivity index (χ1) is 9.79. The summed E-state index contributed by atoms with van der Waals surface area (Å²) < 4.78 is 28.0. The van der Waals surface area contributed by atoms with E-state index in [1.807, 2.05) is 51.0 Å². The van der Waals surface area contributed by atoms with Crippen LogP contribution in [0.4, 0.5) is 5.69 Å². The molecule has 114 valence electrons. The molecule has 4 nitrogen and oxygen atoms in total. The second-order valence-corrected chi connectivity index (χ2v) is 8.47. The van der Waals surface area contributed by atoms with Gasteiger partial charge in [-0.1, -0.05) is 18.2 Å². The van der Waals surface area contributed by atoms with Crippen LogP contribution in [-0.2, 0) is 16.6 Å². The predicted molar refractivity (Wildman–Crippen MR) is 88.4 cm³/mol. The quantitative estimate of drug-likeness (QED) is 0.918. The lowest BCUT2D eigenvalue weighted by atomic mass is 10.2. The van der Waals surface area contributed by atoms with E-state index in [4.69, 9.17) is 0 Å². The maximum Gasteiger partial charge on any atom is 0.271 e. The molecular formula is C15H20N2O2S2. The first kappa shape index (κ1) is 16.0. The minimum atomic E-state index is -3.52. The van der Waals surface area contributed by atoms with E-state index in [0.29, 0.717) is 16.4 Å². The number of hydrogen-bond acceptors (Lipinski definition) is 4. The Kier molecular flexibility index (Phi) is 4.70. The minimum absolute atomic E-state index is 0.358. The van der Waals surface area contributed by atoms with Gasteiger partial charge < -0.3 is 4.90 Å². The summed E-state index contributed by atoms with van der Waals surface area (Å²) in [6.45, 7) is 4.53. The average Bonchev–Trinajstić information content (AvgIpc) is 2.72. The molecule has 0 spiro atoms. The number of nitrogens with one attached hydrogen (secondary N) is 1. The third-order valence-corrected chi connectivity index (χ3v) is 6.15. The maximum absolute atomic E-state index is 12.5. The fraction of sp³-hybridized carbons (Fsp3) is 0.333. The van der Waals surface area contributed by atoms with Gasteiger partial charge in [0, 0.05) is 11.4 Å². The maximum atomic E-state index is 12.5. The summed E-state index contributed by atoms with van der Waals surface area (Å²) in [7, 11) is 0.388. The number of thiophene rings is 1. The summed E-state index contributed by atoms with van der Waals surface area (Å²) >= 11 is 1.30. The highest BCUT2D eigenvalue weighted by atomic mass is 32.2. The zero-order valence-electron chi connectivity index (χ0n) is 12.7. The lowest BCUT2D eigenvalue weighted by molar-refractivity contribution is 0.403. The van der Waals surface area contributed by atoms with Crippen molar-refractivity contribution in [2.75, 3.05) is 18.8 Å². The Morgan fingerprint density at radius 3 is 2.43 bits per heavy atom. The molecule has 1 aromatic heterocycles. The van der Waals surface area contributed by atoms with E-state index in [0.717, 1.165) is 16.0 Å². The molecule has 0 aliphatic rings. The molecule has 0 fully saturated rings. The average molecular weight is 324 g/mol. The Hall–Kier alpha value is -1.37. The number of benzene rings is 1. The zero-order chi connectivity index (χ0) is 15.6. The van der Waals surface area contributed by atoms with E-state index in [-0.39, 0.29) is 0 Å². The topological polar surface area (TPSA) is 49.4 Å². The molecule has 0 atom stereocenters. The molecule has 21 heavy (non-hydrogen) atoms. The third kappa shape index (κ3) is 3.84. The van der Waals surface area contributed by atoms with E-state index in [2.05, 4.69) is 4.72 Å². The standard InChI is InChI=1S/C15H20N2O2S2/c1-11-9-15(20-12(11)2)21(18,19)16-14-8-6-5-7-13(14)10-17(3)4/h5-9,16H,10H2,1-4H3. The summed E-state index contributed by atoms with van der Waals surface area (Å²) in [6.07, 6.45) is 0. The van der Waals surface area contributed by atoms with Crippen LogP contribution in [0.5, 0.6) is 0 Å². The van der Waals surface area contributed by atoms with Gasteiger partial charge in [0.1, 0.15) is 4.21 Å². The highest BCUT2D eigenvalue weighted by Crippen LogP contribution is 2.28. The Morgan fingerprint density at radius 2 is 1.86 bits per heavy atom. The van der Waals surface area contributed by atoms with Crippen molar-refractivity contribution in [1.82, 2.24) is 4.90 Å². The predicted octanol–water partition coefficient (Wildman–Crippen LogP) is 3.23. The van der Waals surface area contributed by atoms with E-state index in [1.165, 1.54) is 11.3 Å². The summed E-state index contributed by atoms with van der Waals surface area (Å²) in [4.78, 5) is 3.03. The highest BCUT2D eigenvalue weighted by Gasteiger charge is 2.19. The van der Waals surface area contributed by atoms with Crippen LogP contribution in [0.15, 0.2) is 34.5 Å². The van der Waals surface area contributed by atoms with Gasteiger partial charge in [0.25, 0.3) is 10.0 Å². The molecule has 0 saturated heterocycles. The third-order valence-electron chi connectivity index (χ3n) is 3.16. The van der Waals surface area contributed by atoms with E-state index in [1.54, 1.807) is 12.1 Å². The monoisotopic (exact) mass is 324 g/mol. The van der Waals surface area contributed by atoms with Crippen molar-refractivity contribution in [2.45, 2.75) is 24.6 Å². The van der Waals surface area contributed by atoms with Crippen molar-refractivity contribution in [2.24, 2.45) is 0 Å². The fourth-order valence-corrected chi connectivity index (χ4v) is 4.58. The summed E-state index contributed by atoms with van der Waals surface area (Å²) in [6, 6.07) is 9.20. The number of aryl methyl sites for hydroxylation is 2. The van der Waals surface area contributed by atoms with Gasteiger partial charge in [-0.3, -0.25) is 4.72 Å². The molecule has 1 N–H and O–H groups in total. The lowest BCUT2D eigenvalue weighted by Gasteiger charge is -2.15. The molecule has 0 saturated carbocycles. The number of sulfonamides is 1. The van der Waals surface area contributed by atoms with Crippen molar-refractivity contribution in [3.63, 3.8) is 0 Å². The smallest absolute Gasteiger partial charge is 0.271 e. The Labute approximate surface area is 130 Å². The van der Waals surface area contributed by atoms with Crippen LogP contribution in [0, 0.1) is 13.8 Å². The molecular weight excluding hydrogens is 304 g/mol. The van der Waals surface area contributed by atoms with Gasteiger partial charge in [-0.2, -0.15) is 0 Å².